The summed E-state index contributed by atoms with van der Waals surface area (Å²) in [6, 6.07) is 3.76. The molecule has 0 bridgehead atoms. The molecular formula is C15H16ClN3O3S. The molecule has 1 aromatic heterocycles. The maximum absolute atomic E-state index is 11.9. The number of carbonyl (C=O) groups is 1. The number of ether oxygens (including phenoxy) is 1. The Hall–Kier alpha value is -1.67. The van der Waals surface area contributed by atoms with Crippen LogP contribution in [0.15, 0.2) is 12.1 Å². The fourth-order valence-electron chi connectivity index (χ4n) is 2.42. The highest BCUT2D eigenvalue weighted by molar-refractivity contribution is 7.24. The van der Waals surface area contributed by atoms with Crippen LogP contribution in [0.3, 0.4) is 0 Å². The number of hydrogen-bond acceptors (Lipinski definition) is 6. The smallest absolute Gasteiger partial charge is 0.265 e. The molecule has 4 N–H and O–H groups in total. The van der Waals surface area contributed by atoms with Crippen molar-refractivity contribution in [3.63, 3.8) is 0 Å². The summed E-state index contributed by atoms with van der Waals surface area (Å²) in [7, 11) is 0. The molecule has 3 rings (SSSR count). The second-order valence-electron chi connectivity index (χ2n) is 5.20. The molecule has 1 atom stereocenters. The molecule has 0 fully saturated rings. The van der Waals surface area contributed by atoms with Crippen molar-refractivity contribution in [2.24, 2.45) is 0 Å². The first-order chi connectivity index (χ1) is 11.0. The summed E-state index contributed by atoms with van der Waals surface area (Å²) in [5.74, 6) is -0.305. The van der Waals surface area contributed by atoms with Crippen molar-refractivity contribution in [3.8, 4) is 0 Å². The summed E-state index contributed by atoms with van der Waals surface area (Å²) >= 11 is 7.82. The van der Waals surface area contributed by atoms with Crippen LogP contribution in [0.5, 0.6) is 0 Å². The SMILES string of the molecule is CC1OC(=N)c2c(sc3c(Cl)c(CNCCO)ccc23)NC1=O. The molecule has 0 saturated carbocycles. The maximum Gasteiger partial charge on any atom is 0.265 e. The van der Waals surface area contributed by atoms with E-state index in [0.29, 0.717) is 28.7 Å². The van der Waals surface area contributed by atoms with Crippen LogP contribution < -0.4 is 10.6 Å². The largest absolute Gasteiger partial charge is 0.464 e. The van der Waals surface area contributed by atoms with Crippen LogP contribution in [0, 0.1) is 5.41 Å². The molecule has 2 heterocycles. The van der Waals surface area contributed by atoms with Gasteiger partial charge in [-0.25, -0.2) is 0 Å². The number of hydrogen-bond donors (Lipinski definition) is 4. The molecule has 0 saturated heterocycles. The molecule has 0 radical (unpaired) electrons. The van der Waals surface area contributed by atoms with Gasteiger partial charge in [0.2, 0.25) is 5.90 Å². The first kappa shape index (κ1) is 16.2. The van der Waals surface area contributed by atoms with Gasteiger partial charge in [0, 0.05) is 18.5 Å². The number of benzene rings is 1. The van der Waals surface area contributed by atoms with Crippen LogP contribution in [0.1, 0.15) is 18.1 Å². The number of thiophene rings is 1. The summed E-state index contributed by atoms with van der Waals surface area (Å²) in [6.07, 6.45) is -0.699. The summed E-state index contributed by atoms with van der Waals surface area (Å²) in [5.41, 5.74) is 1.47. The maximum atomic E-state index is 11.9. The van der Waals surface area contributed by atoms with Crippen LogP contribution in [-0.2, 0) is 16.1 Å². The van der Waals surface area contributed by atoms with Gasteiger partial charge in [0.15, 0.2) is 6.10 Å². The van der Waals surface area contributed by atoms with Crippen molar-refractivity contribution in [1.29, 1.82) is 5.41 Å². The minimum Gasteiger partial charge on any atom is -0.464 e. The lowest BCUT2D eigenvalue weighted by Crippen LogP contribution is -2.26. The van der Waals surface area contributed by atoms with E-state index in [2.05, 4.69) is 10.6 Å². The van der Waals surface area contributed by atoms with E-state index in [1.54, 1.807) is 6.92 Å². The number of amides is 1. The average molecular weight is 354 g/mol. The van der Waals surface area contributed by atoms with Gasteiger partial charge in [-0.05, 0) is 12.5 Å². The molecule has 2 aromatic rings. The fourth-order valence-corrected chi connectivity index (χ4v) is 3.93. The average Bonchev–Trinajstić information content (AvgIpc) is 2.83. The third kappa shape index (κ3) is 2.92. The van der Waals surface area contributed by atoms with Crippen molar-refractivity contribution in [1.82, 2.24) is 5.32 Å². The highest BCUT2D eigenvalue weighted by atomic mass is 35.5. The Balaban J connectivity index is 2.05. The second-order valence-corrected chi connectivity index (χ2v) is 6.60. The van der Waals surface area contributed by atoms with Crippen LogP contribution in [0.2, 0.25) is 5.02 Å². The van der Waals surface area contributed by atoms with Gasteiger partial charge in [0.25, 0.3) is 5.91 Å². The van der Waals surface area contributed by atoms with Gasteiger partial charge < -0.3 is 20.5 Å². The molecule has 6 nitrogen and oxygen atoms in total. The summed E-state index contributed by atoms with van der Waals surface area (Å²) < 4.78 is 6.17. The number of carbonyl (C=O) groups excluding carboxylic acids is 1. The second kappa shape index (κ2) is 6.45. The zero-order valence-corrected chi connectivity index (χ0v) is 14.0. The van der Waals surface area contributed by atoms with Crippen molar-refractivity contribution in [3.05, 3.63) is 28.3 Å². The Morgan fingerprint density at radius 3 is 3.04 bits per heavy atom. The minimum atomic E-state index is -0.699. The molecule has 122 valence electrons. The normalized spacial score (nSPS) is 17.6. The zero-order chi connectivity index (χ0) is 16.6. The van der Waals surface area contributed by atoms with Crippen LogP contribution in [0.4, 0.5) is 5.00 Å². The lowest BCUT2D eigenvalue weighted by atomic mass is 10.1. The molecule has 23 heavy (non-hydrogen) atoms. The van der Waals surface area contributed by atoms with E-state index in [1.165, 1.54) is 11.3 Å². The van der Waals surface area contributed by atoms with Gasteiger partial charge in [0.05, 0.1) is 21.9 Å². The van der Waals surface area contributed by atoms with E-state index in [4.69, 9.17) is 26.9 Å². The Morgan fingerprint density at radius 2 is 2.30 bits per heavy atom. The number of aliphatic hydroxyl groups excluding tert-OH is 1. The molecular weight excluding hydrogens is 338 g/mol. The first-order valence-corrected chi connectivity index (χ1v) is 8.34. The minimum absolute atomic E-state index is 0.0284. The molecule has 1 aromatic carbocycles. The monoisotopic (exact) mass is 353 g/mol. The Bertz CT molecular complexity index is 790. The van der Waals surface area contributed by atoms with Gasteiger partial charge >= 0.3 is 0 Å². The van der Waals surface area contributed by atoms with Crippen molar-refractivity contribution >= 4 is 49.8 Å². The number of aliphatic hydroxyl groups is 1. The molecule has 0 aliphatic carbocycles. The van der Waals surface area contributed by atoms with Gasteiger partial charge in [-0.1, -0.05) is 23.7 Å². The summed E-state index contributed by atoms with van der Waals surface area (Å²) in [5, 5.41) is 24.8. The number of halogens is 1. The highest BCUT2D eigenvalue weighted by Crippen LogP contribution is 2.42. The number of fused-ring (bicyclic) bond motifs is 3. The molecule has 1 aliphatic heterocycles. The zero-order valence-electron chi connectivity index (χ0n) is 12.4. The molecule has 8 heteroatoms. The van der Waals surface area contributed by atoms with Crippen LogP contribution >= 0.6 is 22.9 Å². The van der Waals surface area contributed by atoms with Crippen molar-refractivity contribution < 1.29 is 14.6 Å². The quantitative estimate of drug-likeness (QED) is 0.634. The van der Waals surface area contributed by atoms with E-state index in [1.807, 2.05) is 12.1 Å². The van der Waals surface area contributed by atoms with E-state index >= 15 is 0 Å². The van der Waals surface area contributed by atoms with Gasteiger partial charge in [-0.15, -0.1) is 11.3 Å². The van der Waals surface area contributed by atoms with Gasteiger partial charge in [0.1, 0.15) is 5.00 Å². The molecule has 1 unspecified atom stereocenters. The van der Waals surface area contributed by atoms with Crippen molar-refractivity contribution in [2.45, 2.75) is 19.6 Å². The predicted molar refractivity (Wildman–Crippen MR) is 91.6 cm³/mol. The number of anilines is 1. The summed E-state index contributed by atoms with van der Waals surface area (Å²) in [4.78, 5) is 11.9. The molecule has 1 amide bonds. The molecule has 1 aliphatic rings. The summed E-state index contributed by atoms with van der Waals surface area (Å²) in [6.45, 7) is 2.70. The lowest BCUT2D eigenvalue weighted by molar-refractivity contribution is -0.122. The van der Waals surface area contributed by atoms with Gasteiger partial charge in [-0.3, -0.25) is 10.2 Å². The Labute approximate surface area is 141 Å². The first-order valence-electron chi connectivity index (χ1n) is 7.14. The third-order valence-corrected chi connectivity index (χ3v) is 5.29. The fraction of sp³-hybridized carbons (Fsp3) is 0.333. The third-order valence-electron chi connectivity index (χ3n) is 3.61. The standard InChI is InChI=1S/C15H16ClN3O3S/c1-7-14(21)19-15-10(13(17)22-7)9-3-2-8(6-18-4-5-20)11(16)12(9)23-15/h2-3,7,17-18,20H,4-6H2,1H3,(H,19,21). The van der Waals surface area contributed by atoms with Gasteiger partial charge in [-0.2, -0.15) is 0 Å². The highest BCUT2D eigenvalue weighted by Gasteiger charge is 2.29. The van der Waals surface area contributed by atoms with E-state index in [0.717, 1.165) is 15.6 Å². The lowest BCUT2D eigenvalue weighted by Gasteiger charge is -2.10. The van der Waals surface area contributed by atoms with E-state index in [9.17, 15) is 4.79 Å². The van der Waals surface area contributed by atoms with Crippen molar-refractivity contribution in [2.75, 3.05) is 18.5 Å². The topological polar surface area (TPSA) is 94.4 Å². The van der Waals surface area contributed by atoms with E-state index in [-0.39, 0.29) is 18.4 Å². The number of nitrogens with one attached hydrogen (secondary N) is 3. The van der Waals surface area contributed by atoms with Crippen LogP contribution in [-0.4, -0.2) is 36.2 Å². The van der Waals surface area contributed by atoms with E-state index < -0.39 is 6.10 Å². The van der Waals surface area contributed by atoms with Crippen LogP contribution in [0.25, 0.3) is 10.1 Å². The molecule has 0 spiro atoms. The predicted octanol–water partition coefficient (Wildman–Crippen LogP) is 2.32. The number of rotatable bonds is 4. The Kier molecular flexibility index (Phi) is 4.54. The Morgan fingerprint density at radius 1 is 1.52 bits per heavy atom.